The Balaban J connectivity index is 1.94. The van der Waals surface area contributed by atoms with Crippen LogP contribution < -0.4 is 14.8 Å². The van der Waals surface area contributed by atoms with Crippen molar-refractivity contribution in [2.45, 2.75) is 13.5 Å². The summed E-state index contributed by atoms with van der Waals surface area (Å²) in [4.78, 5) is 11.9. The van der Waals surface area contributed by atoms with Crippen molar-refractivity contribution >= 4 is 11.6 Å². The summed E-state index contributed by atoms with van der Waals surface area (Å²) in [6.07, 6.45) is 0. The fourth-order valence-corrected chi connectivity index (χ4v) is 1.92. The van der Waals surface area contributed by atoms with Crippen molar-refractivity contribution < 1.29 is 19.4 Å². The van der Waals surface area contributed by atoms with E-state index in [2.05, 4.69) is 5.32 Å². The molecule has 0 aliphatic rings. The Kier molecular flexibility index (Phi) is 5.38. The van der Waals surface area contributed by atoms with Crippen LogP contribution in [0, 0.1) is 6.92 Å². The molecule has 0 unspecified atom stereocenters. The Morgan fingerprint density at radius 3 is 2.55 bits per heavy atom. The highest BCUT2D eigenvalue weighted by Crippen LogP contribution is 2.24. The molecule has 2 aromatic carbocycles. The lowest BCUT2D eigenvalue weighted by Gasteiger charge is -2.11. The number of methoxy groups -OCH3 is 1. The Hall–Kier alpha value is -2.53. The molecule has 5 heteroatoms. The first-order valence-corrected chi connectivity index (χ1v) is 6.89. The van der Waals surface area contributed by atoms with E-state index in [9.17, 15) is 9.90 Å². The van der Waals surface area contributed by atoms with Crippen LogP contribution in [-0.2, 0) is 11.4 Å². The summed E-state index contributed by atoms with van der Waals surface area (Å²) in [6.45, 7) is 1.66. The van der Waals surface area contributed by atoms with Gasteiger partial charge in [0.1, 0.15) is 11.5 Å². The van der Waals surface area contributed by atoms with Crippen LogP contribution in [0.1, 0.15) is 11.1 Å². The van der Waals surface area contributed by atoms with Gasteiger partial charge in [0, 0.05) is 11.3 Å². The van der Waals surface area contributed by atoms with Gasteiger partial charge in [-0.1, -0.05) is 17.7 Å². The number of benzene rings is 2. The number of aliphatic hydroxyl groups excluding tert-OH is 1. The molecule has 2 aromatic rings. The normalized spacial score (nSPS) is 10.1. The van der Waals surface area contributed by atoms with Crippen molar-refractivity contribution in [1.29, 1.82) is 0 Å². The molecule has 2 rings (SSSR count). The fraction of sp³-hybridized carbons (Fsp3) is 0.235. The second-order valence-electron chi connectivity index (χ2n) is 4.83. The molecule has 0 saturated carbocycles. The first-order chi connectivity index (χ1) is 10.6. The highest BCUT2D eigenvalue weighted by atomic mass is 16.5. The number of rotatable bonds is 6. The molecule has 0 fully saturated rings. The van der Waals surface area contributed by atoms with Crippen LogP contribution in [0.4, 0.5) is 5.69 Å². The lowest BCUT2D eigenvalue weighted by molar-refractivity contribution is -0.118. The number of anilines is 1. The molecule has 2 N–H and O–H groups in total. The van der Waals surface area contributed by atoms with Gasteiger partial charge in [-0.3, -0.25) is 4.79 Å². The van der Waals surface area contributed by atoms with Gasteiger partial charge in [-0.25, -0.2) is 0 Å². The molecule has 116 valence electrons. The molecular weight excluding hydrogens is 282 g/mol. The average Bonchev–Trinajstić information content (AvgIpc) is 2.55. The van der Waals surface area contributed by atoms with Crippen LogP contribution >= 0.6 is 0 Å². The smallest absolute Gasteiger partial charge is 0.262 e. The molecule has 0 heterocycles. The van der Waals surface area contributed by atoms with Gasteiger partial charge in [-0.05, 0) is 37.3 Å². The standard InChI is InChI=1S/C17H19NO4/c1-12-3-5-14(6-4-12)18-17(20)11-22-16-8-7-15(21-2)9-13(16)10-19/h3-9,19H,10-11H2,1-2H3,(H,18,20). The SMILES string of the molecule is COc1ccc(OCC(=O)Nc2ccc(C)cc2)c(CO)c1. The summed E-state index contributed by atoms with van der Waals surface area (Å²) >= 11 is 0. The Morgan fingerprint density at radius 1 is 1.18 bits per heavy atom. The highest BCUT2D eigenvalue weighted by molar-refractivity contribution is 5.91. The third kappa shape index (κ3) is 4.23. The van der Waals surface area contributed by atoms with Crippen LogP contribution in [0.25, 0.3) is 0 Å². The average molecular weight is 301 g/mol. The molecule has 0 aliphatic carbocycles. The van der Waals surface area contributed by atoms with E-state index >= 15 is 0 Å². The zero-order chi connectivity index (χ0) is 15.9. The predicted octanol–water partition coefficient (Wildman–Crippen LogP) is 2.51. The molecule has 0 saturated heterocycles. The van der Waals surface area contributed by atoms with Crippen LogP contribution in [-0.4, -0.2) is 24.7 Å². The number of aliphatic hydroxyl groups is 1. The van der Waals surface area contributed by atoms with Crippen molar-refractivity contribution in [3.05, 3.63) is 53.6 Å². The van der Waals surface area contributed by atoms with Crippen molar-refractivity contribution in [1.82, 2.24) is 0 Å². The van der Waals surface area contributed by atoms with E-state index in [0.717, 1.165) is 11.3 Å². The summed E-state index contributed by atoms with van der Waals surface area (Å²) < 4.78 is 10.5. The molecule has 22 heavy (non-hydrogen) atoms. The van der Waals surface area contributed by atoms with Gasteiger partial charge >= 0.3 is 0 Å². The maximum absolute atomic E-state index is 11.9. The topological polar surface area (TPSA) is 67.8 Å². The molecule has 0 aliphatic heterocycles. The minimum atomic E-state index is -0.261. The first-order valence-electron chi connectivity index (χ1n) is 6.89. The molecule has 0 spiro atoms. The van der Waals surface area contributed by atoms with Gasteiger partial charge in [0.15, 0.2) is 6.61 Å². The second-order valence-corrected chi connectivity index (χ2v) is 4.83. The van der Waals surface area contributed by atoms with Gasteiger partial charge in [-0.2, -0.15) is 0 Å². The number of nitrogens with one attached hydrogen (secondary N) is 1. The highest BCUT2D eigenvalue weighted by Gasteiger charge is 2.08. The van der Waals surface area contributed by atoms with Gasteiger partial charge in [0.05, 0.1) is 13.7 Å². The van der Waals surface area contributed by atoms with Crippen molar-refractivity contribution in [2.24, 2.45) is 0 Å². The van der Waals surface area contributed by atoms with E-state index in [1.807, 2.05) is 31.2 Å². The Bertz CT molecular complexity index is 638. The lowest BCUT2D eigenvalue weighted by atomic mass is 10.2. The van der Waals surface area contributed by atoms with E-state index in [0.29, 0.717) is 17.1 Å². The Labute approximate surface area is 129 Å². The number of ether oxygens (including phenoxy) is 2. The summed E-state index contributed by atoms with van der Waals surface area (Å²) in [7, 11) is 1.55. The molecule has 0 atom stereocenters. The second kappa shape index (κ2) is 7.47. The maximum Gasteiger partial charge on any atom is 0.262 e. The number of carbonyl (C=O) groups excluding carboxylic acids is 1. The predicted molar refractivity (Wildman–Crippen MR) is 84.2 cm³/mol. The minimum absolute atomic E-state index is 0.132. The zero-order valence-electron chi connectivity index (χ0n) is 12.6. The summed E-state index contributed by atoms with van der Waals surface area (Å²) in [6, 6.07) is 12.6. The monoisotopic (exact) mass is 301 g/mol. The molecule has 5 nitrogen and oxygen atoms in total. The number of carbonyl (C=O) groups is 1. The zero-order valence-corrected chi connectivity index (χ0v) is 12.6. The quantitative estimate of drug-likeness (QED) is 0.860. The minimum Gasteiger partial charge on any atom is -0.497 e. The molecular formula is C17H19NO4. The number of aryl methyl sites for hydroxylation is 1. The van der Waals surface area contributed by atoms with Crippen LogP contribution in [0.3, 0.4) is 0 Å². The van der Waals surface area contributed by atoms with Crippen LogP contribution in [0.5, 0.6) is 11.5 Å². The van der Waals surface area contributed by atoms with Crippen LogP contribution in [0.15, 0.2) is 42.5 Å². The van der Waals surface area contributed by atoms with E-state index in [1.54, 1.807) is 25.3 Å². The van der Waals surface area contributed by atoms with E-state index in [-0.39, 0.29) is 19.1 Å². The van der Waals surface area contributed by atoms with Gasteiger partial charge < -0.3 is 19.9 Å². The number of hydrogen-bond acceptors (Lipinski definition) is 4. The van der Waals surface area contributed by atoms with Gasteiger partial charge in [0.2, 0.25) is 0 Å². The van der Waals surface area contributed by atoms with E-state index in [4.69, 9.17) is 9.47 Å². The molecule has 1 amide bonds. The summed E-state index contributed by atoms with van der Waals surface area (Å²) in [5.74, 6) is 0.825. The van der Waals surface area contributed by atoms with E-state index < -0.39 is 0 Å². The Morgan fingerprint density at radius 2 is 1.91 bits per heavy atom. The van der Waals surface area contributed by atoms with Crippen molar-refractivity contribution in [3.8, 4) is 11.5 Å². The van der Waals surface area contributed by atoms with Gasteiger partial charge in [-0.15, -0.1) is 0 Å². The third-order valence-corrected chi connectivity index (χ3v) is 3.13. The van der Waals surface area contributed by atoms with Gasteiger partial charge in [0.25, 0.3) is 5.91 Å². The molecule has 0 aromatic heterocycles. The number of hydrogen-bond donors (Lipinski definition) is 2. The summed E-state index contributed by atoms with van der Waals surface area (Å²) in [5, 5.41) is 12.1. The third-order valence-electron chi connectivity index (χ3n) is 3.13. The molecule has 0 bridgehead atoms. The van der Waals surface area contributed by atoms with Crippen LogP contribution in [0.2, 0.25) is 0 Å². The lowest BCUT2D eigenvalue weighted by Crippen LogP contribution is -2.20. The van der Waals surface area contributed by atoms with Crippen molar-refractivity contribution in [3.63, 3.8) is 0 Å². The summed E-state index contributed by atoms with van der Waals surface area (Å²) in [5.41, 5.74) is 2.42. The van der Waals surface area contributed by atoms with Crippen molar-refractivity contribution in [2.75, 3.05) is 19.0 Å². The maximum atomic E-state index is 11.9. The van der Waals surface area contributed by atoms with E-state index in [1.165, 1.54) is 0 Å². The molecule has 0 radical (unpaired) electrons. The largest absolute Gasteiger partial charge is 0.497 e. The number of amides is 1. The fourth-order valence-electron chi connectivity index (χ4n) is 1.92. The first kappa shape index (κ1) is 15.9.